The minimum atomic E-state index is -1.88. The fourth-order valence-corrected chi connectivity index (χ4v) is 6.33. The van der Waals surface area contributed by atoms with E-state index in [9.17, 15) is 0 Å². The Morgan fingerprint density at radius 3 is 2.18 bits per heavy atom. The summed E-state index contributed by atoms with van der Waals surface area (Å²) >= 11 is -1.88. The molecule has 0 aliphatic heterocycles. The Morgan fingerprint density at radius 1 is 1.00 bits per heavy atom. The number of pyridine rings is 1. The van der Waals surface area contributed by atoms with Gasteiger partial charge in [0.15, 0.2) is 0 Å². The molecule has 0 spiro atoms. The topological polar surface area (TPSA) is 12.9 Å². The normalized spacial score (nSPS) is 11.9. The van der Waals surface area contributed by atoms with Crippen molar-refractivity contribution < 1.29 is 0 Å². The molecule has 0 aliphatic rings. The van der Waals surface area contributed by atoms with E-state index < -0.39 is 13.3 Å². The van der Waals surface area contributed by atoms with Crippen LogP contribution in [0.5, 0.6) is 0 Å². The summed E-state index contributed by atoms with van der Waals surface area (Å²) in [5.41, 5.74) is 3.90. The third kappa shape index (κ3) is 4.22. The number of nitrogens with zero attached hydrogens (tertiary/aromatic N) is 1. The van der Waals surface area contributed by atoms with Gasteiger partial charge >= 0.3 is 138 Å². The van der Waals surface area contributed by atoms with Crippen molar-refractivity contribution in [1.29, 1.82) is 0 Å². The zero-order valence-corrected chi connectivity index (χ0v) is 16.8. The zero-order valence-electron chi connectivity index (χ0n) is 14.7. The first-order chi connectivity index (χ1) is 10.5. The average molecular weight is 356 g/mol. The summed E-state index contributed by atoms with van der Waals surface area (Å²) in [6.45, 7) is 4.62. The molecule has 0 bridgehead atoms. The molecule has 1 heterocycles. The van der Waals surface area contributed by atoms with E-state index in [1.165, 1.54) is 24.8 Å². The molecule has 1 nitrogen and oxygen atoms in total. The first kappa shape index (κ1) is 17.3. The van der Waals surface area contributed by atoms with E-state index in [1.54, 1.807) is 9.96 Å². The predicted octanol–water partition coefficient (Wildman–Crippen LogP) is 5.27. The second-order valence-corrected chi connectivity index (χ2v) is 17.8. The molecule has 2 aromatic rings. The van der Waals surface area contributed by atoms with Crippen LogP contribution < -0.4 is 4.40 Å². The summed E-state index contributed by atoms with van der Waals surface area (Å²) in [6, 6.07) is 12.9. The predicted molar refractivity (Wildman–Crippen MR) is 100 cm³/mol. The van der Waals surface area contributed by atoms with E-state index in [0.717, 1.165) is 11.6 Å². The fraction of sp³-hybridized carbons (Fsp3) is 0.450. The molecular weight excluding hydrogens is 327 g/mol. The molecule has 1 aromatic carbocycles. The molecule has 0 aliphatic carbocycles. The van der Waals surface area contributed by atoms with Crippen molar-refractivity contribution in [3.8, 4) is 11.3 Å². The number of rotatable bonds is 6. The van der Waals surface area contributed by atoms with Crippen LogP contribution in [0.3, 0.4) is 0 Å². The van der Waals surface area contributed by atoms with Gasteiger partial charge in [-0.25, -0.2) is 0 Å². The Balaban J connectivity index is 2.45. The summed E-state index contributed by atoms with van der Waals surface area (Å²) in [5.74, 6) is 8.19. The fourth-order valence-electron chi connectivity index (χ4n) is 3.00. The first-order valence-electron chi connectivity index (χ1n) is 8.50. The van der Waals surface area contributed by atoms with E-state index in [0.29, 0.717) is 0 Å². The van der Waals surface area contributed by atoms with E-state index in [-0.39, 0.29) is 0 Å². The molecule has 0 radical (unpaired) electrons. The Kier molecular flexibility index (Phi) is 5.85. The molecule has 0 fully saturated rings. The molecule has 0 saturated heterocycles. The van der Waals surface area contributed by atoms with Gasteiger partial charge < -0.3 is 0 Å². The van der Waals surface area contributed by atoms with Gasteiger partial charge in [-0.05, 0) is 0 Å². The summed E-state index contributed by atoms with van der Waals surface area (Å²) in [5, 5.41) is 0. The molecule has 0 unspecified atom stereocenters. The average Bonchev–Trinajstić information content (AvgIpc) is 2.52. The standard InChI is InChI=1S/C20H29GeN/c1-6-16(7-2)13-18-14-20(17-11-9-8-10-12-17)22-15-19(18)21(3,4)5/h8-12,14-16H,6-7,13H2,1-5H3. The minimum absolute atomic E-state index is 0.787. The van der Waals surface area contributed by atoms with E-state index in [4.69, 9.17) is 4.98 Å². The molecule has 0 N–H and O–H groups in total. The van der Waals surface area contributed by atoms with Crippen LogP contribution in [0, 0.1) is 5.92 Å². The van der Waals surface area contributed by atoms with Crippen LogP contribution >= 0.6 is 0 Å². The molecule has 0 amide bonds. The van der Waals surface area contributed by atoms with Crippen molar-refractivity contribution in [2.45, 2.75) is 50.4 Å². The van der Waals surface area contributed by atoms with Gasteiger partial charge in [-0.15, -0.1) is 0 Å². The van der Waals surface area contributed by atoms with Crippen molar-refractivity contribution >= 4 is 17.7 Å². The van der Waals surface area contributed by atoms with Gasteiger partial charge in [0.1, 0.15) is 0 Å². The van der Waals surface area contributed by atoms with Gasteiger partial charge in [0.2, 0.25) is 0 Å². The second kappa shape index (κ2) is 7.45. The zero-order chi connectivity index (χ0) is 16.2. The monoisotopic (exact) mass is 357 g/mol. The van der Waals surface area contributed by atoms with Crippen LogP contribution in [-0.2, 0) is 6.42 Å². The van der Waals surface area contributed by atoms with Crippen molar-refractivity contribution in [2.75, 3.05) is 0 Å². The van der Waals surface area contributed by atoms with E-state index in [2.05, 4.69) is 73.7 Å². The van der Waals surface area contributed by atoms with Crippen LogP contribution in [0.15, 0.2) is 42.6 Å². The quantitative estimate of drug-likeness (QED) is 0.643. The Bertz CT molecular complexity index is 595. The number of hydrogen-bond donors (Lipinski definition) is 0. The third-order valence-electron chi connectivity index (χ3n) is 4.53. The van der Waals surface area contributed by atoms with Crippen molar-refractivity contribution in [3.05, 3.63) is 48.2 Å². The number of benzene rings is 1. The van der Waals surface area contributed by atoms with Crippen LogP contribution in [-0.4, -0.2) is 18.3 Å². The molecule has 22 heavy (non-hydrogen) atoms. The molecule has 0 saturated carbocycles. The van der Waals surface area contributed by atoms with Crippen molar-refractivity contribution in [2.24, 2.45) is 5.92 Å². The summed E-state index contributed by atoms with van der Waals surface area (Å²) in [7, 11) is 0. The molecule has 0 atom stereocenters. The number of hydrogen-bond acceptors (Lipinski definition) is 1. The second-order valence-electron chi connectivity index (χ2n) is 7.23. The Hall–Kier alpha value is -1.09. The van der Waals surface area contributed by atoms with Gasteiger partial charge in [-0.1, -0.05) is 0 Å². The van der Waals surface area contributed by atoms with Gasteiger partial charge in [-0.3, -0.25) is 0 Å². The Morgan fingerprint density at radius 2 is 1.64 bits per heavy atom. The third-order valence-corrected chi connectivity index (χ3v) is 8.87. The molecule has 118 valence electrons. The maximum atomic E-state index is 4.78. The summed E-state index contributed by atoms with van der Waals surface area (Å²) < 4.78 is 1.58. The summed E-state index contributed by atoms with van der Waals surface area (Å²) in [6.07, 6.45) is 5.90. The molecule has 2 heteroatoms. The van der Waals surface area contributed by atoms with E-state index >= 15 is 0 Å². The number of aromatic nitrogens is 1. The Labute approximate surface area is 138 Å². The summed E-state index contributed by atoms with van der Waals surface area (Å²) in [4.78, 5) is 4.78. The first-order valence-corrected chi connectivity index (χ1v) is 15.8. The van der Waals surface area contributed by atoms with Gasteiger partial charge in [0, 0.05) is 0 Å². The maximum absolute atomic E-state index is 4.78. The molecular formula is C20H29GeN. The van der Waals surface area contributed by atoms with Gasteiger partial charge in [-0.2, -0.15) is 0 Å². The molecule has 2 rings (SSSR count). The van der Waals surface area contributed by atoms with E-state index in [1.807, 2.05) is 0 Å². The van der Waals surface area contributed by atoms with Crippen LogP contribution in [0.25, 0.3) is 11.3 Å². The van der Waals surface area contributed by atoms with Crippen molar-refractivity contribution in [1.82, 2.24) is 4.98 Å². The molecule has 1 aromatic heterocycles. The van der Waals surface area contributed by atoms with Crippen molar-refractivity contribution in [3.63, 3.8) is 0 Å². The van der Waals surface area contributed by atoms with Crippen LogP contribution in [0.4, 0.5) is 0 Å². The van der Waals surface area contributed by atoms with Gasteiger partial charge in [0.25, 0.3) is 0 Å². The van der Waals surface area contributed by atoms with Crippen LogP contribution in [0.1, 0.15) is 32.3 Å². The van der Waals surface area contributed by atoms with Crippen LogP contribution in [0.2, 0.25) is 17.3 Å². The SMILES string of the molecule is CCC(CC)Cc1cc(-c2ccccc2)nc[c]1[Ge]([CH3])([CH3])[CH3]. The van der Waals surface area contributed by atoms with Gasteiger partial charge in [0.05, 0.1) is 0 Å².